The summed E-state index contributed by atoms with van der Waals surface area (Å²) in [7, 11) is 0. The number of hydrogen-bond donors (Lipinski definition) is 1. The van der Waals surface area contributed by atoms with Gasteiger partial charge in [0.1, 0.15) is 0 Å². The molecular weight excluding hydrogens is 376 g/mol. The molecular formula is C30H50O. The molecule has 4 aliphatic carbocycles. The maximum Gasteiger partial charge on any atom is 0.0568 e. The highest BCUT2D eigenvalue weighted by molar-refractivity contribution is 5.28. The third-order valence-electron chi connectivity index (χ3n) is 11.5. The van der Waals surface area contributed by atoms with Crippen molar-refractivity contribution in [3.8, 4) is 0 Å². The van der Waals surface area contributed by atoms with Gasteiger partial charge in [-0.25, -0.2) is 0 Å². The average molecular weight is 427 g/mol. The van der Waals surface area contributed by atoms with Gasteiger partial charge < -0.3 is 5.11 Å². The minimum absolute atomic E-state index is 0.0789. The minimum Gasteiger partial charge on any atom is -0.393 e. The minimum atomic E-state index is -0.0789. The van der Waals surface area contributed by atoms with Crippen LogP contribution in [0.3, 0.4) is 0 Å². The van der Waals surface area contributed by atoms with Crippen molar-refractivity contribution in [1.82, 2.24) is 0 Å². The maximum atomic E-state index is 10.5. The number of rotatable bonds is 6. The fraction of sp³-hybridized carbons (Fsp3) is 0.867. The van der Waals surface area contributed by atoms with E-state index >= 15 is 0 Å². The second-order valence-corrected chi connectivity index (χ2v) is 12.9. The van der Waals surface area contributed by atoms with Crippen molar-refractivity contribution in [3.63, 3.8) is 0 Å². The van der Waals surface area contributed by atoms with Gasteiger partial charge in [0.15, 0.2) is 0 Å². The lowest BCUT2D eigenvalue weighted by molar-refractivity contribution is -0.0773. The zero-order valence-corrected chi connectivity index (χ0v) is 21.4. The molecule has 10 atom stereocenters. The highest BCUT2D eigenvalue weighted by Gasteiger charge is 2.59. The predicted octanol–water partition coefficient (Wildman–Crippen LogP) is 8.19. The van der Waals surface area contributed by atoms with Crippen molar-refractivity contribution in [3.05, 3.63) is 23.8 Å². The van der Waals surface area contributed by atoms with Crippen LogP contribution in [0, 0.1) is 52.3 Å². The molecule has 4 aliphatic rings. The van der Waals surface area contributed by atoms with E-state index in [0.717, 1.165) is 30.1 Å². The summed E-state index contributed by atoms with van der Waals surface area (Å²) in [5, 5.41) is 10.5. The standard InChI is InChI=1S/C30H50O/c1-8-22(19(2)3)10-9-20(4)24-13-14-26-23-11-12-25-21(5)28(31)16-18-30(25,7)27(23)15-17-29(24,26)6/h11,20-22,24-28,31H,2,8-10,12-18H2,1,3-7H3. The molecule has 3 fully saturated rings. The quantitative estimate of drug-likeness (QED) is 0.424. The maximum absolute atomic E-state index is 10.5. The van der Waals surface area contributed by atoms with Crippen molar-refractivity contribution >= 4 is 0 Å². The number of allylic oxidation sites excluding steroid dienone is 3. The van der Waals surface area contributed by atoms with Crippen molar-refractivity contribution in [2.24, 2.45) is 52.3 Å². The topological polar surface area (TPSA) is 20.2 Å². The lowest BCUT2D eigenvalue weighted by Crippen LogP contribution is -2.52. The number of aliphatic hydroxyl groups excluding tert-OH is 1. The summed E-state index contributed by atoms with van der Waals surface area (Å²) in [6, 6.07) is 0. The summed E-state index contributed by atoms with van der Waals surface area (Å²) in [4.78, 5) is 0. The molecule has 0 aromatic heterocycles. The first-order valence-electron chi connectivity index (χ1n) is 13.7. The van der Waals surface area contributed by atoms with Crippen LogP contribution < -0.4 is 0 Å². The van der Waals surface area contributed by atoms with E-state index in [1.54, 1.807) is 0 Å². The van der Waals surface area contributed by atoms with E-state index in [1.807, 2.05) is 5.57 Å². The van der Waals surface area contributed by atoms with Crippen LogP contribution in [0.4, 0.5) is 0 Å². The van der Waals surface area contributed by atoms with Gasteiger partial charge in [0.05, 0.1) is 6.10 Å². The van der Waals surface area contributed by atoms with Gasteiger partial charge in [-0.1, -0.05) is 58.4 Å². The first-order valence-corrected chi connectivity index (χ1v) is 13.7. The van der Waals surface area contributed by atoms with E-state index in [0.29, 0.717) is 28.6 Å². The fourth-order valence-corrected chi connectivity index (χ4v) is 9.39. The Bertz CT molecular complexity index is 705. The second-order valence-electron chi connectivity index (χ2n) is 12.9. The molecule has 0 bridgehead atoms. The van der Waals surface area contributed by atoms with E-state index in [4.69, 9.17) is 0 Å². The number of hydrogen-bond acceptors (Lipinski definition) is 1. The smallest absolute Gasteiger partial charge is 0.0568 e. The zero-order valence-electron chi connectivity index (χ0n) is 21.4. The third kappa shape index (κ3) is 3.79. The zero-order chi connectivity index (χ0) is 22.6. The molecule has 4 rings (SSSR count). The first kappa shape index (κ1) is 23.6. The number of fused-ring (bicyclic) bond motifs is 5. The lowest BCUT2D eigenvalue weighted by Gasteiger charge is -2.59. The van der Waals surface area contributed by atoms with Gasteiger partial charge in [-0.05, 0) is 123 Å². The fourth-order valence-electron chi connectivity index (χ4n) is 9.39. The Morgan fingerprint density at radius 3 is 2.45 bits per heavy atom. The molecule has 0 saturated heterocycles. The molecule has 1 heteroatoms. The lowest BCUT2D eigenvalue weighted by atomic mass is 9.46. The Morgan fingerprint density at radius 1 is 1.10 bits per heavy atom. The summed E-state index contributed by atoms with van der Waals surface area (Å²) >= 11 is 0. The summed E-state index contributed by atoms with van der Waals surface area (Å²) in [5.41, 5.74) is 4.17. The Hall–Kier alpha value is -0.560. The highest BCUT2D eigenvalue weighted by Crippen LogP contribution is 2.67. The van der Waals surface area contributed by atoms with E-state index in [9.17, 15) is 5.11 Å². The number of aliphatic hydroxyl groups is 1. The Balaban J connectivity index is 1.51. The molecule has 1 nitrogen and oxygen atoms in total. The van der Waals surface area contributed by atoms with Crippen LogP contribution in [0.5, 0.6) is 0 Å². The molecule has 3 saturated carbocycles. The van der Waals surface area contributed by atoms with Gasteiger partial charge in [0.25, 0.3) is 0 Å². The normalized spacial score (nSPS) is 46.4. The van der Waals surface area contributed by atoms with Gasteiger partial charge >= 0.3 is 0 Å². The molecule has 0 spiro atoms. The summed E-state index contributed by atoms with van der Waals surface area (Å²) < 4.78 is 0. The molecule has 31 heavy (non-hydrogen) atoms. The molecule has 0 aromatic rings. The average Bonchev–Trinajstić information content (AvgIpc) is 3.08. The first-order chi connectivity index (χ1) is 14.6. The van der Waals surface area contributed by atoms with Crippen LogP contribution in [0.25, 0.3) is 0 Å². The van der Waals surface area contributed by atoms with Crippen LogP contribution in [-0.4, -0.2) is 11.2 Å². The van der Waals surface area contributed by atoms with Crippen molar-refractivity contribution < 1.29 is 5.11 Å². The molecule has 10 unspecified atom stereocenters. The molecule has 0 amide bonds. The Labute approximate surface area is 193 Å². The monoisotopic (exact) mass is 426 g/mol. The van der Waals surface area contributed by atoms with Crippen LogP contribution in [-0.2, 0) is 0 Å². The SMILES string of the molecule is C=C(C)C(CC)CCC(C)C1CCC2C3=CCC4C(C)C(O)CCC4(C)C3CCC21C. The van der Waals surface area contributed by atoms with E-state index in [-0.39, 0.29) is 6.10 Å². The summed E-state index contributed by atoms with van der Waals surface area (Å²) in [6.07, 6.45) is 15.7. The van der Waals surface area contributed by atoms with Gasteiger partial charge in [0, 0.05) is 0 Å². The summed E-state index contributed by atoms with van der Waals surface area (Å²) in [6.45, 7) is 18.9. The van der Waals surface area contributed by atoms with Gasteiger partial charge in [-0.15, -0.1) is 0 Å². The molecule has 0 radical (unpaired) electrons. The third-order valence-corrected chi connectivity index (χ3v) is 11.5. The molecule has 176 valence electrons. The van der Waals surface area contributed by atoms with E-state index in [1.165, 1.54) is 63.4 Å². The van der Waals surface area contributed by atoms with Crippen LogP contribution >= 0.6 is 0 Å². The highest BCUT2D eigenvalue weighted by atomic mass is 16.3. The molecule has 1 N–H and O–H groups in total. The molecule has 0 aromatic carbocycles. The Kier molecular flexibility index (Phi) is 6.59. The van der Waals surface area contributed by atoms with Gasteiger partial charge in [-0.2, -0.15) is 0 Å². The van der Waals surface area contributed by atoms with Crippen molar-refractivity contribution in [1.29, 1.82) is 0 Å². The van der Waals surface area contributed by atoms with Gasteiger partial charge in [0.2, 0.25) is 0 Å². The predicted molar refractivity (Wildman–Crippen MR) is 133 cm³/mol. The van der Waals surface area contributed by atoms with Crippen LogP contribution in [0.1, 0.15) is 106 Å². The summed E-state index contributed by atoms with van der Waals surface area (Å²) in [5.74, 6) is 5.17. The van der Waals surface area contributed by atoms with E-state index in [2.05, 4.69) is 54.2 Å². The van der Waals surface area contributed by atoms with Crippen molar-refractivity contribution in [2.75, 3.05) is 0 Å². The van der Waals surface area contributed by atoms with Crippen molar-refractivity contribution in [2.45, 2.75) is 112 Å². The second kappa shape index (κ2) is 8.66. The Morgan fingerprint density at radius 2 is 1.77 bits per heavy atom. The molecule has 0 aliphatic heterocycles. The van der Waals surface area contributed by atoms with Crippen LogP contribution in [0.2, 0.25) is 0 Å². The van der Waals surface area contributed by atoms with Gasteiger partial charge in [-0.3, -0.25) is 0 Å². The van der Waals surface area contributed by atoms with E-state index < -0.39 is 0 Å². The van der Waals surface area contributed by atoms with Crippen LogP contribution in [0.15, 0.2) is 23.8 Å². The molecule has 0 heterocycles. The largest absolute Gasteiger partial charge is 0.393 e.